The molecule has 0 heterocycles. The average molecular weight is 240 g/mol. The lowest BCUT2D eigenvalue weighted by Gasteiger charge is -2.01. The Bertz CT molecular complexity index is 499. The lowest BCUT2D eigenvalue weighted by molar-refractivity contribution is 1.23. The van der Waals surface area contributed by atoms with Crippen LogP contribution >= 0.6 is 0 Å². The summed E-state index contributed by atoms with van der Waals surface area (Å²) in [5.74, 6) is 0. The number of rotatable bonds is 4. The average Bonchev–Trinajstić information content (AvgIpc) is 2.45. The van der Waals surface area contributed by atoms with Gasteiger partial charge in [0.15, 0.2) is 0 Å². The maximum absolute atomic E-state index is 4.22. The zero-order chi connectivity index (χ0) is 12.8. The fourth-order valence-corrected chi connectivity index (χ4v) is 1.56. The van der Waals surface area contributed by atoms with Crippen LogP contribution in [-0.2, 0) is 0 Å². The summed E-state index contributed by atoms with van der Waals surface area (Å²) in [5.41, 5.74) is 3.71. The third kappa shape index (κ3) is 3.07. The van der Waals surface area contributed by atoms with E-state index in [1.165, 1.54) is 0 Å². The Labute approximate surface area is 107 Å². The van der Waals surface area contributed by atoms with Crippen molar-refractivity contribution in [2.75, 3.05) is 24.7 Å². The van der Waals surface area contributed by atoms with E-state index in [1.807, 2.05) is 62.6 Å². The Morgan fingerprint density at radius 1 is 0.722 bits per heavy atom. The van der Waals surface area contributed by atoms with Crippen molar-refractivity contribution < 1.29 is 0 Å². The second-order valence-corrected chi connectivity index (χ2v) is 3.80. The van der Waals surface area contributed by atoms with Crippen LogP contribution in [-0.4, -0.2) is 14.1 Å². The van der Waals surface area contributed by atoms with Crippen molar-refractivity contribution in [2.24, 2.45) is 10.2 Å². The van der Waals surface area contributed by atoms with Crippen molar-refractivity contribution in [3.05, 3.63) is 48.5 Å². The topological polar surface area (TPSA) is 48.8 Å². The van der Waals surface area contributed by atoms with Crippen LogP contribution in [0.3, 0.4) is 0 Å². The molecular formula is C14H16N4. The van der Waals surface area contributed by atoms with E-state index < -0.39 is 0 Å². The van der Waals surface area contributed by atoms with Crippen molar-refractivity contribution in [3.63, 3.8) is 0 Å². The zero-order valence-corrected chi connectivity index (χ0v) is 10.5. The molecule has 0 aliphatic carbocycles. The van der Waals surface area contributed by atoms with Gasteiger partial charge in [0.1, 0.15) is 0 Å². The highest BCUT2D eigenvalue weighted by Gasteiger charge is 1.94. The zero-order valence-electron chi connectivity index (χ0n) is 10.5. The van der Waals surface area contributed by atoms with Crippen molar-refractivity contribution in [3.8, 4) is 0 Å². The molecule has 0 radical (unpaired) electrons. The predicted molar refractivity (Wildman–Crippen MR) is 76.2 cm³/mol. The molecule has 0 unspecified atom stereocenters. The Hall–Kier alpha value is -2.36. The summed E-state index contributed by atoms with van der Waals surface area (Å²) in [6.07, 6.45) is 0. The number of hydrogen-bond acceptors (Lipinski definition) is 4. The second kappa shape index (κ2) is 5.82. The molecule has 4 nitrogen and oxygen atoms in total. The molecular weight excluding hydrogens is 224 g/mol. The highest BCUT2D eigenvalue weighted by atomic mass is 15.1. The molecule has 0 atom stereocenters. The molecule has 92 valence electrons. The summed E-state index contributed by atoms with van der Waals surface area (Å²) in [6.45, 7) is 0. The molecule has 4 heteroatoms. The van der Waals surface area contributed by atoms with Gasteiger partial charge < -0.3 is 10.6 Å². The summed E-state index contributed by atoms with van der Waals surface area (Å²) < 4.78 is 0. The van der Waals surface area contributed by atoms with E-state index in [-0.39, 0.29) is 0 Å². The molecule has 0 aliphatic heterocycles. The Balaban J connectivity index is 2.18. The Morgan fingerprint density at radius 3 is 1.56 bits per heavy atom. The highest BCUT2D eigenvalue weighted by Crippen LogP contribution is 2.22. The third-order valence-corrected chi connectivity index (χ3v) is 2.55. The van der Waals surface area contributed by atoms with Gasteiger partial charge in [-0.1, -0.05) is 12.1 Å². The molecule has 0 aromatic heterocycles. The first-order valence-corrected chi connectivity index (χ1v) is 5.79. The number of hydrogen-bond donors (Lipinski definition) is 2. The number of benzene rings is 2. The Morgan fingerprint density at radius 2 is 1.17 bits per heavy atom. The highest BCUT2D eigenvalue weighted by molar-refractivity contribution is 5.55. The largest absolute Gasteiger partial charge is 0.388 e. The van der Waals surface area contributed by atoms with E-state index in [0.717, 1.165) is 22.7 Å². The van der Waals surface area contributed by atoms with Gasteiger partial charge in [0.25, 0.3) is 0 Å². The van der Waals surface area contributed by atoms with Crippen LogP contribution in [0.2, 0.25) is 0 Å². The summed E-state index contributed by atoms with van der Waals surface area (Å²) in [6, 6.07) is 15.6. The molecule has 0 saturated carbocycles. The quantitative estimate of drug-likeness (QED) is 0.787. The normalized spacial score (nSPS) is 10.6. The molecule has 0 aliphatic rings. The first kappa shape index (κ1) is 12.1. The second-order valence-electron chi connectivity index (χ2n) is 3.80. The van der Waals surface area contributed by atoms with E-state index in [9.17, 15) is 0 Å². The van der Waals surface area contributed by atoms with Gasteiger partial charge in [-0.15, -0.1) is 0 Å². The van der Waals surface area contributed by atoms with Crippen LogP contribution in [0.5, 0.6) is 0 Å². The van der Waals surface area contributed by atoms with Gasteiger partial charge >= 0.3 is 0 Å². The molecule has 2 N–H and O–H groups in total. The minimum Gasteiger partial charge on any atom is -0.388 e. The fourth-order valence-electron chi connectivity index (χ4n) is 1.56. The first-order valence-electron chi connectivity index (χ1n) is 5.79. The molecule has 0 fully saturated rings. The van der Waals surface area contributed by atoms with E-state index in [4.69, 9.17) is 0 Å². The first-order chi connectivity index (χ1) is 8.81. The van der Waals surface area contributed by atoms with E-state index >= 15 is 0 Å². The predicted octanol–water partition coefficient (Wildman–Crippen LogP) is 4.19. The summed E-state index contributed by atoms with van der Waals surface area (Å²) in [7, 11) is 3.76. The molecule has 0 saturated heterocycles. The van der Waals surface area contributed by atoms with E-state index in [2.05, 4.69) is 20.9 Å². The van der Waals surface area contributed by atoms with Gasteiger partial charge in [0.2, 0.25) is 0 Å². The third-order valence-electron chi connectivity index (χ3n) is 2.55. The molecule has 2 aromatic carbocycles. The van der Waals surface area contributed by atoms with Crippen LogP contribution in [0.1, 0.15) is 0 Å². The molecule has 2 aromatic rings. The lowest BCUT2D eigenvalue weighted by atomic mass is 10.3. The van der Waals surface area contributed by atoms with Gasteiger partial charge in [0.05, 0.1) is 11.4 Å². The van der Waals surface area contributed by atoms with Gasteiger partial charge in [-0.25, -0.2) is 0 Å². The number of nitrogens with zero attached hydrogens (tertiary/aromatic N) is 2. The standard InChI is InChI=1S/C14H16N4/c1-15-11-5-3-7-13(9-11)17-18-14-8-4-6-12(10-14)16-2/h3-10,15-16H,1-2H3. The SMILES string of the molecule is CNc1cccc(N=Nc2cccc(NC)c2)c1. The van der Waals surface area contributed by atoms with E-state index in [1.54, 1.807) is 0 Å². The smallest absolute Gasteiger partial charge is 0.0877 e. The molecule has 0 bridgehead atoms. The van der Waals surface area contributed by atoms with E-state index in [0.29, 0.717) is 0 Å². The lowest BCUT2D eigenvalue weighted by Crippen LogP contribution is -1.85. The van der Waals surface area contributed by atoms with Crippen molar-refractivity contribution >= 4 is 22.7 Å². The minimum atomic E-state index is 0.830. The number of anilines is 2. The molecule has 18 heavy (non-hydrogen) atoms. The summed E-state index contributed by atoms with van der Waals surface area (Å²) >= 11 is 0. The molecule has 0 spiro atoms. The van der Waals surface area contributed by atoms with Crippen LogP contribution < -0.4 is 10.6 Å². The summed E-state index contributed by atoms with van der Waals surface area (Å²) in [4.78, 5) is 0. The van der Waals surface area contributed by atoms with Gasteiger partial charge in [0, 0.05) is 25.5 Å². The number of nitrogens with one attached hydrogen (secondary N) is 2. The van der Waals surface area contributed by atoms with Crippen LogP contribution in [0.15, 0.2) is 58.8 Å². The maximum atomic E-state index is 4.22. The van der Waals surface area contributed by atoms with Crippen LogP contribution in [0.25, 0.3) is 0 Å². The van der Waals surface area contributed by atoms with Gasteiger partial charge in [-0.3, -0.25) is 0 Å². The van der Waals surface area contributed by atoms with Crippen molar-refractivity contribution in [1.29, 1.82) is 0 Å². The van der Waals surface area contributed by atoms with Gasteiger partial charge in [-0.05, 0) is 36.4 Å². The molecule has 0 amide bonds. The monoisotopic (exact) mass is 240 g/mol. The van der Waals surface area contributed by atoms with Crippen molar-refractivity contribution in [2.45, 2.75) is 0 Å². The Kier molecular flexibility index (Phi) is 3.91. The minimum absolute atomic E-state index is 0.830. The van der Waals surface area contributed by atoms with Crippen LogP contribution in [0, 0.1) is 0 Å². The maximum Gasteiger partial charge on any atom is 0.0877 e. The van der Waals surface area contributed by atoms with Crippen LogP contribution in [0.4, 0.5) is 22.7 Å². The number of azo groups is 1. The molecule has 2 rings (SSSR count). The summed E-state index contributed by atoms with van der Waals surface area (Å²) in [5, 5.41) is 14.6. The fraction of sp³-hybridized carbons (Fsp3) is 0.143. The van der Waals surface area contributed by atoms with Crippen molar-refractivity contribution in [1.82, 2.24) is 0 Å². The van der Waals surface area contributed by atoms with Gasteiger partial charge in [-0.2, -0.15) is 10.2 Å².